The lowest BCUT2D eigenvalue weighted by molar-refractivity contribution is 0.464. The topological polar surface area (TPSA) is 53.9 Å². The molecule has 162 valence electrons. The van der Waals surface area contributed by atoms with Crippen LogP contribution in [0.15, 0.2) is 42.9 Å². The van der Waals surface area contributed by atoms with E-state index in [1.165, 1.54) is 12.4 Å². The summed E-state index contributed by atoms with van der Waals surface area (Å²) in [7, 11) is 0. The smallest absolute Gasteiger partial charge is 0.175 e. The van der Waals surface area contributed by atoms with Gasteiger partial charge in [-0.3, -0.25) is 4.98 Å². The van der Waals surface area contributed by atoms with Gasteiger partial charge < -0.3 is 10.2 Å². The number of halogens is 2. The van der Waals surface area contributed by atoms with Crippen molar-refractivity contribution in [1.29, 1.82) is 0 Å². The van der Waals surface area contributed by atoms with Gasteiger partial charge in [0.2, 0.25) is 0 Å². The van der Waals surface area contributed by atoms with Gasteiger partial charge in [0.25, 0.3) is 0 Å². The molecule has 7 heteroatoms. The van der Waals surface area contributed by atoms with Crippen LogP contribution in [0.4, 0.5) is 14.6 Å². The predicted molar refractivity (Wildman–Crippen MR) is 122 cm³/mol. The fourth-order valence-electron chi connectivity index (χ4n) is 5.36. The van der Waals surface area contributed by atoms with Crippen molar-refractivity contribution >= 4 is 27.5 Å². The third-order valence-corrected chi connectivity index (χ3v) is 6.82. The van der Waals surface area contributed by atoms with Gasteiger partial charge in [-0.25, -0.2) is 18.7 Å². The fourth-order valence-corrected chi connectivity index (χ4v) is 5.36. The second kappa shape index (κ2) is 7.45. The van der Waals surface area contributed by atoms with Crippen molar-refractivity contribution in [2.75, 3.05) is 18.0 Å². The van der Waals surface area contributed by atoms with E-state index in [1.807, 2.05) is 19.1 Å². The number of aryl methyl sites for hydroxylation is 1. The molecule has 2 atom stereocenters. The zero-order valence-corrected chi connectivity index (χ0v) is 17.8. The van der Waals surface area contributed by atoms with Crippen LogP contribution in [0.25, 0.3) is 32.9 Å². The Morgan fingerprint density at radius 3 is 2.62 bits per heavy atom. The summed E-state index contributed by atoms with van der Waals surface area (Å²) >= 11 is 0. The number of nitrogens with zero attached hydrogens (tertiary/aromatic N) is 4. The zero-order valence-electron chi connectivity index (χ0n) is 17.8. The Kier molecular flexibility index (Phi) is 4.54. The first-order valence-corrected chi connectivity index (χ1v) is 11.1. The van der Waals surface area contributed by atoms with E-state index in [0.29, 0.717) is 40.4 Å². The Labute approximate surface area is 184 Å². The summed E-state index contributed by atoms with van der Waals surface area (Å²) in [6.07, 6.45) is 5.90. The van der Waals surface area contributed by atoms with Crippen LogP contribution in [0.3, 0.4) is 0 Å². The molecule has 4 aromatic rings. The van der Waals surface area contributed by atoms with Crippen LogP contribution in [-0.4, -0.2) is 40.1 Å². The second-order valence-corrected chi connectivity index (χ2v) is 8.71. The molecule has 32 heavy (non-hydrogen) atoms. The van der Waals surface area contributed by atoms with Crippen LogP contribution >= 0.6 is 0 Å². The molecule has 4 heterocycles. The first kappa shape index (κ1) is 19.5. The number of benzene rings is 2. The number of piperazine rings is 1. The van der Waals surface area contributed by atoms with E-state index < -0.39 is 5.82 Å². The lowest BCUT2D eigenvalue weighted by Gasteiger charge is -2.34. The highest BCUT2D eigenvalue weighted by Gasteiger charge is 2.33. The third kappa shape index (κ3) is 2.95. The molecule has 5 nitrogen and oxygen atoms in total. The van der Waals surface area contributed by atoms with Crippen LogP contribution < -0.4 is 10.2 Å². The summed E-state index contributed by atoms with van der Waals surface area (Å²) in [5, 5.41) is 5.78. The number of hydrogen-bond donors (Lipinski definition) is 1. The zero-order chi connectivity index (χ0) is 21.8. The van der Waals surface area contributed by atoms with Gasteiger partial charge in [0.05, 0.1) is 5.39 Å². The van der Waals surface area contributed by atoms with Gasteiger partial charge in [-0.1, -0.05) is 31.2 Å². The highest BCUT2D eigenvalue weighted by molar-refractivity contribution is 6.00. The van der Waals surface area contributed by atoms with Gasteiger partial charge in [-0.2, -0.15) is 0 Å². The Balaban J connectivity index is 1.53. The number of fused-ring (bicyclic) bond motifs is 4. The lowest BCUT2D eigenvalue weighted by atomic mass is 9.95. The van der Waals surface area contributed by atoms with Crippen molar-refractivity contribution in [3.63, 3.8) is 0 Å². The molecule has 2 bridgehead atoms. The van der Waals surface area contributed by atoms with Gasteiger partial charge in [0, 0.05) is 36.9 Å². The first-order chi connectivity index (χ1) is 15.6. The third-order valence-electron chi connectivity index (χ3n) is 6.82. The molecule has 2 aromatic heterocycles. The summed E-state index contributed by atoms with van der Waals surface area (Å²) in [4.78, 5) is 15.5. The lowest BCUT2D eigenvalue weighted by Crippen LogP contribution is -2.51. The van der Waals surface area contributed by atoms with Crippen molar-refractivity contribution < 1.29 is 8.78 Å². The number of nitrogens with one attached hydrogen (secondary N) is 1. The second-order valence-electron chi connectivity index (χ2n) is 8.71. The molecule has 1 N–H and O–H groups in total. The Hall–Kier alpha value is -3.19. The van der Waals surface area contributed by atoms with Crippen LogP contribution in [0.2, 0.25) is 0 Å². The van der Waals surface area contributed by atoms with Gasteiger partial charge in [0.1, 0.15) is 29.2 Å². The van der Waals surface area contributed by atoms with E-state index in [4.69, 9.17) is 0 Å². The van der Waals surface area contributed by atoms with Crippen LogP contribution in [0.1, 0.15) is 25.3 Å². The minimum absolute atomic E-state index is 0.188. The van der Waals surface area contributed by atoms with E-state index >= 15 is 4.39 Å². The normalized spacial score (nSPS) is 20.4. The minimum atomic E-state index is -0.497. The van der Waals surface area contributed by atoms with E-state index in [2.05, 4.69) is 25.2 Å². The number of pyridine rings is 1. The molecule has 2 aromatic carbocycles. The maximum Gasteiger partial charge on any atom is 0.175 e. The molecule has 6 rings (SSSR count). The molecule has 2 saturated heterocycles. The van der Waals surface area contributed by atoms with E-state index in [-0.39, 0.29) is 17.0 Å². The Bertz CT molecular complexity index is 1340. The maximum absolute atomic E-state index is 15.9. The standard InChI is InChI=1S/C25H23F2N5/c1-2-17-20(26)9-6-14-4-3-5-18(21(14)17)23-22(27)24-19(10-28-23)25(30-13-29-24)32-11-15-7-8-16(12-32)31-15/h3-6,9-10,13,15-16,31H,2,7-8,11-12H2,1H3. The molecule has 0 radical (unpaired) electrons. The molecular weight excluding hydrogens is 408 g/mol. The predicted octanol–water partition coefficient (Wildman–Crippen LogP) is 4.63. The molecule has 2 fully saturated rings. The molecule has 0 aliphatic carbocycles. The van der Waals surface area contributed by atoms with Gasteiger partial charge in [-0.05, 0) is 41.7 Å². The van der Waals surface area contributed by atoms with Gasteiger partial charge >= 0.3 is 0 Å². The summed E-state index contributed by atoms with van der Waals surface area (Å²) in [5.41, 5.74) is 1.59. The summed E-state index contributed by atoms with van der Waals surface area (Å²) in [6, 6.07) is 9.63. The van der Waals surface area contributed by atoms with Crippen molar-refractivity contribution in [1.82, 2.24) is 20.3 Å². The van der Waals surface area contributed by atoms with Crippen LogP contribution in [0.5, 0.6) is 0 Å². The summed E-state index contributed by atoms with van der Waals surface area (Å²) in [5.74, 6) is -0.0563. The number of aromatic nitrogens is 3. The van der Waals surface area contributed by atoms with E-state index in [1.54, 1.807) is 18.3 Å². The van der Waals surface area contributed by atoms with Gasteiger partial charge in [0.15, 0.2) is 5.82 Å². The van der Waals surface area contributed by atoms with Gasteiger partial charge in [-0.15, -0.1) is 0 Å². The Morgan fingerprint density at radius 1 is 1.03 bits per heavy atom. The molecule has 0 amide bonds. The largest absolute Gasteiger partial charge is 0.353 e. The van der Waals surface area contributed by atoms with E-state index in [0.717, 1.165) is 37.1 Å². The molecule has 0 spiro atoms. The van der Waals surface area contributed by atoms with Crippen molar-refractivity contribution in [2.24, 2.45) is 0 Å². The molecule has 2 unspecified atom stereocenters. The minimum Gasteiger partial charge on any atom is -0.353 e. The van der Waals surface area contributed by atoms with Crippen molar-refractivity contribution in [3.8, 4) is 11.3 Å². The average Bonchev–Trinajstić information content (AvgIpc) is 3.16. The fraction of sp³-hybridized carbons (Fsp3) is 0.320. The van der Waals surface area contributed by atoms with Crippen LogP contribution in [0, 0.1) is 11.6 Å². The average molecular weight is 431 g/mol. The highest BCUT2D eigenvalue weighted by Crippen LogP contribution is 2.36. The molecular formula is C25H23F2N5. The SMILES string of the molecule is CCc1c(F)ccc2cccc(-c3ncc4c(N5CC6CCC(C5)N6)ncnc4c3F)c12. The number of hydrogen-bond acceptors (Lipinski definition) is 5. The highest BCUT2D eigenvalue weighted by atomic mass is 19.1. The van der Waals surface area contributed by atoms with Crippen molar-refractivity contribution in [2.45, 2.75) is 38.3 Å². The summed E-state index contributed by atoms with van der Waals surface area (Å²) in [6.45, 7) is 3.59. The summed E-state index contributed by atoms with van der Waals surface area (Å²) < 4.78 is 30.4. The maximum atomic E-state index is 15.9. The van der Waals surface area contributed by atoms with E-state index in [9.17, 15) is 4.39 Å². The number of anilines is 1. The quantitative estimate of drug-likeness (QED) is 0.513. The van der Waals surface area contributed by atoms with Crippen molar-refractivity contribution in [3.05, 3.63) is 60.1 Å². The molecule has 2 aliphatic rings. The molecule has 0 saturated carbocycles. The Morgan fingerprint density at radius 2 is 1.84 bits per heavy atom. The molecule has 2 aliphatic heterocycles. The number of rotatable bonds is 3. The first-order valence-electron chi connectivity index (χ1n) is 11.1. The van der Waals surface area contributed by atoms with Crippen LogP contribution in [-0.2, 0) is 6.42 Å². The monoisotopic (exact) mass is 431 g/mol.